The van der Waals surface area contributed by atoms with Gasteiger partial charge >= 0.3 is 0 Å². The fourth-order valence-electron chi connectivity index (χ4n) is 3.90. The molecule has 4 rings (SSSR count). The number of rotatable bonds is 5. The number of imidazole rings is 1. The smallest absolute Gasteiger partial charge is 0.230 e. The number of hydrogen-bond donors (Lipinski definition) is 0. The molecule has 1 amide bonds. The summed E-state index contributed by atoms with van der Waals surface area (Å²) < 4.78 is 28.6. The van der Waals surface area contributed by atoms with Gasteiger partial charge in [-0.2, -0.15) is 0 Å². The molecule has 1 aromatic heterocycles. The predicted octanol–water partition coefficient (Wildman–Crippen LogP) is 3.03. The number of carbonyl (C=O) groups is 1. The first-order chi connectivity index (χ1) is 12.0. The van der Waals surface area contributed by atoms with E-state index >= 15 is 0 Å². The number of amides is 1. The quantitative estimate of drug-likeness (QED) is 0.835. The number of carbonyl (C=O) groups excluding carboxylic acids is 1. The molecule has 1 saturated heterocycles. The summed E-state index contributed by atoms with van der Waals surface area (Å²) in [6.45, 7) is 2.08. The molecule has 4 nitrogen and oxygen atoms in total. The number of aromatic nitrogens is 2. The van der Waals surface area contributed by atoms with Crippen LogP contribution in [-0.2, 0) is 17.8 Å². The van der Waals surface area contributed by atoms with Gasteiger partial charge in [0, 0.05) is 38.1 Å². The second-order valence-electron chi connectivity index (χ2n) is 7.40. The van der Waals surface area contributed by atoms with Gasteiger partial charge in [-0.15, -0.1) is 0 Å². The van der Waals surface area contributed by atoms with Crippen LogP contribution in [0.25, 0.3) is 0 Å². The Morgan fingerprint density at radius 2 is 2.00 bits per heavy atom. The normalized spacial score (nSPS) is 21.5. The van der Waals surface area contributed by atoms with Crippen LogP contribution < -0.4 is 0 Å². The third-order valence-electron chi connectivity index (χ3n) is 5.37. The van der Waals surface area contributed by atoms with Crippen LogP contribution in [-0.4, -0.2) is 33.4 Å². The van der Waals surface area contributed by atoms with Crippen molar-refractivity contribution in [1.29, 1.82) is 0 Å². The van der Waals surface area contributed by atoms with Crippen molar-refractivity contribution in [3.05, 3.63) is 54.1 Å². The van der Waals surface area contributed by atoms with Gasteiger partial charge in [0.25, 0.3) is 0 Å². The second kappa shape index (κ2) is 6.24. The number of likely N-dealkylation sites (tertiary alicyclic amines) is 1. The highest BCUT2D eigenvalue weighted by atomic mass is 19.1. The first-order valence-electron chi connectivity index (χ1n) is 8.74. The Bertz CT molecular complexity index is 751. The average molecular weight is 345 g/mol. The van der Waals surface area contributed by atoms with Gasteiger partial charge in [0.15, 0.2) is 0 Å². The van der Waals surface area contributed by atoms with Gasteiger partial charge in [-0.05, 0) is 49.3 Å². The first-order valence-corrected chi connectivity index (χ1v) is 8.74. The lowest BCUT2D eigenvalue weighted by atomic mass is 9.98. The van der Waals surface area contributed by atoms with Crippen molar-refractivity contribution in [2.24, 2.45) is 11.3 Å². The van der Waals surface area contributed by atoms with Crippen LogP contribution in [0.3, 0.4) is 0 Å². The Kier molecular flexibility index (Phi) is 4.06. The fraction of sp³-hybridized carbons (Fsp3) is 0.474. The summed E-state index contributed by atoms with van der Waals surface area (Å²) >= 11 is 0. The zero-order valence-corrected chi connectivity index (χ0v) is 14.0. The zero-order valence-electron chi connectivity index (χ0n) is 14.0. The maximum atomic E-state index is 13.3. The predicted molar refractivity (Wildman–Crippen MR) is 88.6 cm³/mol. The Morgan fingerprint density at radius 1 is 1.24 bits per heavy atom. The lowest BCUT2D eigenvalue weighted by Crippen LogP contribution is -2.37. The van der Waals surface area contributed by atoms with E-state index in [0.29, 0.717) is 25.1 Å². The molecule has 1 unspecified atom stereocenters. The molecule has 1 saturated carbocycles. The third-order valence-corrected chi connectivity index (χ3v) is 5.37. The van der Waals surface area contributed by atoms with Gasteiger partial charge in [-0.3, -0.25) is 4.79 Å². The van der Waals surface area contributed by atoms with Crippen molar-refractivity contribution in [3.8, 4) is 0 Å². The van der Waals surface area contributed by atoms with Crippen LogP contribution in [0.15, 0.2) is 36.9 Å². The summed E-state index contributed by atoms with van der Waals surface area (Å²) in [4.78, 5) is 18.9. The van der Waals surface area contributed by atoms with Crippen molar-refractivity contribution in [1.82, 2.24) is 14.5 Å². The minimum Gasteiger partial charge on any atom is -0.342 e. The Balaban J connectivity index is 1.38. The molecule has 2 fully saturated rings. The monoisotopic (exact) mass is 345 g/mol. The highest BCUT2D eigenvalue weighted by Crippen LogP contribution is 2.49. The summed E-state index contributed by atoms with van der Waals surface area (Å²) in [7, 11) is 0. The van der Waals surface area contributed by atoms with Crippen LogP contribution in [0.2, 0.25) is 0 Å². The van der Waals surface area contributed by atoms with Gasteiger partial charge in [0.05, 0.1) is 11.7 Å². The van der Waals surface area contributed by atoms with Crippen molar-refractivity contribution in [2.45, 2.75) is 32.2 Å². The third kappa shape index (κ3) is 3.43. The van der Waals surface area contributed by atoms with Crippen LogP contribution in [0.1, 0.15) is 24.8 Å². The van der Waals surface area contributed by atoms with Gasteiger partial charge in [-0.1, -0.05) is 0 Å². The standard InChI is InChI=1S/C19H21F2N3O/c20-16-8-15(9-17(21)10-16)7-14-1-5-24(11-14)18(25)19(2-3-19)12-23-6-4-22-13-23/h4,6,8-10,13-14H,1-3,5,7,11-12H2. The summed E-state index contributed by atoms with van der Waals surface area (Å²) in [6.07, 6.45) is 8.68. The highest BCUT2D eigenvalue weighted by molar-refractivity contribution is 5.85. The molecule has 0 radical (unpaired) electrons. The lowest BCUT2D eigenvalue weighted by Gasteiger charge is -2.23. The van der Waals surface area contributed by atoms with E-state index in [1.54, 1.807) is 12.5 Å². The Morgan fingerprint density at radius 3 is 2.64 bits per heavy atom. The molecule has 25 heavy (non-hydrogen) atoms. The maximum Gasteiger partial charge on any atom is 0.230 e. The van der Waals surface area contributed by atoms with E-state index in [4.69, 9.17) is 0 Å². The Labute approximate surface area is 145 Å². The minimum absolute atomic E-state index is 0.217. The molecule has 132 valence electrons. The number of hydrogen-bond acceptors (Lipinski definition) is 2. The Hall–Kier alpha value is -2.24. The van der Waals surface area contributed by atoms with Gasteiger partial charge in [0.1, 0.15) is 11.6 Å². The molecular weight excluding hydrogens is 324 g/mol. The highest BCUT2D eigenvalue weighted by Gasteiger charge is 2.52. The second-order valence-corrected chi connectivity index (χ2v) is 7.40. The molecule has 2 aliphatic rings. The fourth-order valence-corrected chi connectivity index (χ4v) is 3.90. The van der Waals surface area contributed by atoms with Gasteiger partial charge in [-0.25, -0.2) is 13.8 Å². The molecular formula is C19H21F2N3O. The van der Waals surface area contributed by atoms with Crippen LogP contribution in [0, 0.1) is 23.0 Å². The van der Waals surface area contributed by atoms with Crippen LogP contribution in [0.5, 0.6) is 0 Å². The summed E-state index contributed by atoms with van der Waals surface area (Å²) in [6, 6.07) is 3.66. The van der Waals surface area contributed by atoms with E-state index in [1.165, 1.54) is 12.1 Å². The van der Waals surface area contributed by atoms with Crippen molar-refractivity contribution >= 4 is 5.91 Å². The molecule has 1 aliphatic carbocycles. The SMILES string of the molecule is O=C(N1CCC(Cc2cc(F)cc(F)c2)C1)C1(Cn2ccnc2)CC1. The summed E-state index contributed by atoms with van der Waals surface area (Å²) in [5, 5.41) is 0. The van der Waals surface area contributed by atoms with E-state index in [1.807, 2.05) is 15.7 Å². The topological polar surface area (TPSA) is 38.1 Å². The molecule has 2 aromatic rings. The van der Waals surface area contributed by atoms with E-state index in [2.05, 4.69) is 4.98 Å². The molecule has 1 aliphatic heterocycles. The minimum atomic E-state index is -0.543. The largest absolute Gasteiger partial charge is 0.342 e. The van der Waals surface area contributed by atoms with Crippen molar-refractivity contribution < 1.29 is 13.6 Å². The van der Waals surface area contributed by atoms with Gasteiger partial charge in [0.2, 0.25) is 5.91 Å². The van der Waals surface area contributed by atoms with Crippen molar-refractivity contribution in [3.63, 3.8) is 0 Å². The van der Waals surface area contributed by atoms with E-state index < -0.39 is 11.6 Å². The van der Waals surface area contributed by atoms with E-state index in [9.17, 15) is 13.6 Å². The van der Waals surface area contributed by atoms with E-state index in [-0.39, 0.29) is 17.2 Å². The molecule has 1 atom stereocenters. The molecule has 2 heterocycles. The summed E-state index contributed by atoms with van der Waals surface area (Å²) in [5.41, 5.74) is 0.386. The molecule has 1 aromatic carbocycles. The maximum absolute atomic E-state index is 13.3. The number of nitrogens with zero attached hydrogens (tertiary/aromatic N) is 3. The molecule has 0 spiro atoms. The summed E-state index contributed by atoms with van der Waals surface area (Å²) in [5.74, 6) is -0.611. The van der Waals surface area contributed by atoms with Gasteiger partial charge < -0.3 is 9.47 Å². The first kappa shape index (κ1) is 16.2. The molecule has 6 heteroatoms. The average Bonchev–Trinajstić information content (AvgIpc) is 2.95. The van der Waals surface area contributed by atoms with Crippen LogP contribution in [0.4, 0.5) is 8.78 Å². The molecule has 0 N–H and O–H groups in total. The van der Waals surface area contributed by atoms with E-state index in [0.717, 1.165) is 31.9 Å². The number of benzene rings is 1. The van der Waals surface area contributed by atoms with Crippen LogP contribution >= 0.6 is 0 Å². The lowest BCUT2D eigenvalue weighted by molar-refractivity contribution is -0.136. The number of halogens is 2. The molecule has 0 bridgehead atoms. The zero-order chi connectivity index (χ0) is 17.4. The van der Waals surface area contributed by atoms with Crippen molar-refractivity contribution in [2.75, 3.05) is 13.1 Å².